The number of hydrogen-bond donors (Lipinski definition) is 1. The van der Waals surface area contributed by atoms with E-state index < -0.39 is 0 Å². The first kappa shape index (κ1) is 16.6. The van der Waals surface area contributed by atoms with Crippen LogP contribution in [0.15, 0.2) is 18.2 Å². The van der Waals surface area contributed by atoms with Gasteiger partial charge in [-0.1, -0.05) is 18.5 Å². The number of hydrogen-bond acceptors (Lipinski definition) is 3. The van der Waals surface area contributed by atoms with E-state index in [9.17, 15) is 0 Å². The molecule has 1 aromatic rings. The topological polar surface area (TPSA) is 24.5 Å². The second-order valence-electron chi connectivity index (χ2n) is 5.97. The summed E-state index contributed by atoms with van der Waals surface area (Å²) in [6, 6.07) is 6.26. The van der Waals surface area contributed by atoms with Gasteiger partial charge in [0.1, 0.15) is 0 Å². The number of methoxy groups -OCH3 is 1. The first-order valence-electron chi connectivity index (χ1n) is 7.93. The lowest BCUT2D eigenvalue weighted by molar-refractivity contribution is 0.199. The molecule has 1 unspecified atom stereocenters. The minimum absolute atomic E-state index is 0.733. The van der Waals surface area contributed by atoms with Crippen molar-refractivity contribution in [3.63, 3.8) is 0 Å². The fraction of sp³-hybridized carbons (Fsp3) is 0.647. The largest absolute Gasteiger partial charge is 0.383 e. The molecule has 1 atom stereocenters. The second kappa shape index (κ2) is 8.62. The first-order valence-corrected chi connectivity index (χ1v) is 8.31. The highest BCUT2D eigenvalue weighted by Gasteiger charge is 2.16. The van der Waals surface area contributed by atoms with Crippen LogP contribution in [0.1, 0.15) is 31.7 Å². The van der Waals surface area contributed by atoms with Crippen LogP contribution in [0.5, 0.6) is 0 Å². The van der Waals surface area contributed by atoms with Crippen LogP contribution in [-0.2, 0) is 11.3 Å². The van der Waals surface area contributed by atoms with E-state index in [1.807, 2.05) is 6.07 Å². The molecule has 1 heterocycles. The predicted octanol–water partition coefficient (Wildman–Crippen LogP) is 3.70. The number of rotatable bonds is 6. The summed E-state index contributed by atoms with van der Waals surface area (Å²) < 4.78 is 5.08. The summed E-state index contributed by atoms with van der Waals surface area (Å²) in [5, 5.41) is 4.23. The Morgan fingerprint density at radius 1 is 1.33 bits per heavy atom. The zero-order valence-corrected chi connectivity index (χ0v) is 14.0. The molecule has 0 spiro atoms. The molecule has 118 valence electrons. The van der Waals surface area contributed by atoms with Crippen LogP contribution in [0.25, 0.3) is 0 Å². The van der Waals surface area contributed by atoms with Crippen molar-refractivity contribution in [2.75, 3.05) is 38.3 Å². The van der Waals surface area contributed by atoms with E-state index in [4.69, 9.17) is 16.3 Å². The molecule has 3 nitrogen and oxygen atoms in total. The molecule has 0 bridgehead atoms. The maximum atomic E-state index is 6.18. The lowest BCUT2D eigenvalue weighted by Gasteiger charge is -2.26. The van der Waals surface area contributed by atoms with E-state index in [-0.39, 0.29) is 0 Å². The van der Waals surface area contributed by atoms with Crippen molar-refractivity contribution in [3.8, 4) is 0 Å². The number of halogens is 1. The van der Waals surface area contributed by atoms with Gasteiger partial charge in [-0.05, 0) is 48.9 Å². The molecule has 1 aliphatic heterocycles. The van der Waals surface area contributed by atoms with Crippen molar-refractivity contribution < 1.29 is 4.74 Å². The molecule has 4 heteroatoms. The number of ether oxygens (including phenoxy) is 1. The number of anilines is 1. The van der Waals surface area contributed by atoms with Gasteiger partial charge in [-0.15, -0.1) is 0 Å². The van der Waals surface area contributed by atoms with Crippen molar-refractivity contribution in [1.82, 2.24) is 5.32 Å². The van der Waals surface area contributed by atoms with E-state index >= 15 is 0 Å². The monoisotopic (exact) mass is 310 g/mol. The van der Waals surface area contributed by atoms with Crippen molar-refractivity contribution in [3.05, 3.63) is 28.8 Å². The summed E-state index contributed by atoms with van der Waals surface area (Å²) in [5.41, 5.74) is 2.62. The molecule has 0 amide bonds. The Kier molecular flexibility index (Phi) is 6.81. The molecule has 1 aromatic carbocycles. The van der Waals surface area contributed by atoms with E-state index in [1.165, 1.54) is 30.5 Å². The fourth-order valence-corrected chi connectivity index (χ4v) is 3.10. The van der Waals surface area contributed by atoms with Crippen molar-refractivity contribution in [1.29, 1.82) is 0 Å². The quantitative estimate of drug-likeness (QED) is 0.811. The molecule has 0 aromatic heterocycles. The van der Waals surface area contributed by atoms with Crippen LogP contribution >= 0.6 is 11.6 Å². The Bertz CT molecular complexity index is 439. The van der Waals surface area contributed by atoms with Gasteiger partial charge >= 0.3 is 0 Å². The Balaban J connectivity index is 2.06. The highest BCUT2D eigenvalue weighted by Crippen LogP contribution is 2.28. The van der Waals surface area contributed by atoms with E-state index in [1.54, 1.807) is 7.11 Å². The molecule has 1 aliphatic rings. The van der Waals surface area contributed by atoms with Crippen LogP contribution < -0.4 is 10.2 Å². The normalized spacial score (nSPS) is 19.6. The van der Waals surface area contributed by atoms with Gasteiger partial charge in [0.25, 0.3) is 0 Å². The maximum absolute atomic E-state index is 6.18. The van der Waals surface area contributed by atoms with Gasteiger partial charge < -0.3 is 15.0 Å². The summed E-state index contributed by atoms with van der Waals surface area (Å²) in [7, 11) is 1.73. The number of nitrogens with zero attached hydrogens (tertiary/aromatic N) is 1. The van der Waals surface area contributed by atoms with Crippen LogP contribution in [0, 0.1) is 5.92 Å². The summed E-state index contributed by atoms with van der Waals surface area (Å²) in [6.07, 6.45) is 3.89. The third-order valence-electron chi connectivity index (χ3n) is 4.20. The van der Waals surface area contributed by atoms with Crippen molar-refractivity contribution >= 4 is 17.3 Å². The molecule has 21 heavy (non-hydrogen) atoms. The fourth-order valence-electron chi connectivity index (χ4n) is 2.91. The Hall–Kier alpha value is -0.770. The molecule has 2 rings (SSSR count). The molecule has 0 saturated carbocycles. The number of nitrogens with one attached hydrogen (secondary N) is 1. The second-order valence-corrected chi connectivity index (χ2v) is 6.40. The lowest BCUT2D eigenvalue weighted by atomic mass is 10.0. The Labute approximate surface area is 133 Å². The summed E-state index contributed by atoms with van der Waals surface area (Å²) >= 11 is 6.18. The molecule has 0 aliphatic carbocycles. The van der Waals surface area contributed by atoms with Crippen LogP contribution in [0.4, 0.5) is 5.69 Å². The lowest BCUT2D eigenvalue weighted by Crippen LogP contribution is -2.27. The zero-order chi connectivity index (χ0) is 15.1. The molecular formula is C17H27ClN2O. The third-order valence-corrected chi connectivity index (χ3v) is 4.43. The first-order chi connectivity index (χ1) is 10.2. The molecule has 0 radical (unpaired) electrons. The summed E-state index contributed by atoms with van der Waals surface area (Å²) in [5.74, 6) is 0.838. The Morgan fingerprint density at radius 2 is 2.19 bits per heavy atom. The van der Waals surface area contributed by atoms with Crippen LogP contribution in [-0.4, -0.2) is 33.4 Å². The van der Waals surface area contributed by atoms with Crippen molar-refractivity contribution in [2.45, 2.75) is 32.7 Å². The standard InChI is InChI=1S/C17H27ClN2O/c1-14-4-3-9-20(10-7-14)17-6-5-16(18)12-15(17)13-19-8-11-21-2/h5-6,12,14,19H,3-4,7-11,13H2,1-2H3. The highest BCUT2D eigenvalue weighted by molar-refractivity contribution is 6.30. The zero-order valence-electron chi connectivity index (χ0n) is 13.2. The van der Waals surface area contributed by atoms with Gasteiger partial charge in [0, 0.05) is 44.0 Å². The van der Waals surface area contributed by atoms with E-state index in [0.717, 1.165) is 43.7 Å². The average molecular weight is 311 g/mol. The number of benzene rings is 1. The molecule has 1 N–H and O–H groups in total. The predicted molar refractivity (Wildman–Crippen MR) is 90.3 cm³/mol. The summed E-state index contributed by atoms with van der Waals surface area (Å²) in [6.45, 7) is 7.09. The van der Waals surface area contributed by atoms with Gasteiger partial charge in [-0.3, -0.25) is 0 Å². The van der Waals surface area contributed by atoms with E-state index in [0.29, 0.717) is 0 Å². The third kappa shape index (κ3) is 5.17. The highest BCUT2D eigenvalue weighted by atomic mass is 35.5. The summed E-state index contributed by atoms with van der Waals surface area (Å²) in [4.78, 5) is 2.52. The smallest absolute Gasteiger partial charge is 0.0587 e. The Morgan fingerprint density at radius 3 is 3.00 bits per heavy atom. The molecule has 1 fully saturated rings. The van der Waals surface area contributed by atoms with Gasteiger partial charge in [0.05, 0.1) is 6.61 Å². The minimum Gasteiger partial charge on any atom is -0.383 e. The van der Waals surface area contributed by atoms with Gasteiger partial charge in [0.15, 0.2) is 0 Å². The van der Waals surface area contributed by atoms with Crippen LogP contribution in [0.2, 0.25) is 5.02 Å². The van der Waals surface area contributed by atoms with Crippen LogP contribution in [0.3, 0.4) is 0 Å². The average Bonchev–Trinajstić information content (AvgIpc) is 2.69. The minimum atomic E-state index is 0.733. The maximum Gasteiger partial charge on any atom is 0.0587 e. The van der Waals surface area contributed by atoms with Gasteiger partial charge in [-0.2, -0.15) is 0 Å². The van der Waals surface area contributed by atoms with E-state index in [2.05, 4.69) is 29.3 Å². The van der Waals surface area contributed by atoms with Gasteiger partial charge in [-0.25, -0.2) is 0 Å². The SMILES string of the molecule is COCCNCc1cc(Cl)ccc1N1CCCC(C)CC1. The van der Waals surface area contributed by atoms with Gasteiger partial charge in [0.2, 0.25) is 0 Å². The molecule has 1 saturated heterocycles. The van der Waals surface area contributed by atoms with Crippen molar-refractivity contribution in [2.24, 2.45) is 5.92 Å². The molecular weight excluding hydrogens is 284 g/mol.